The molecule has 18 nitrogen and oxygen atoms in total. The van der Waals surface area contributed by atoms with E-state index in [4.69, 9.17) is 10.3 Å². The van der Waals surface area contributed by atoms with E-state index in [9.17, 15) is 52.4 Å². The zero-order chi connectivity index (χ0) is 33.7. The number of anilines is 1. The molecule has 4 aromatic rings. The average molecular weight is 702 g/mol. The zero-order valence-corrected chi connectivity index (χ0v) is 25.5. The summed E-state index contributed by atoms with van der Waals surface area (Å²) in [7, 11) is -19.9. The number of benzene rings is 4. The van der Waals surface area contributed by atoms with E-state index >= 15 is 0 Å². The van der Waals surface area contributed by atoms with Gasteiger partial charge in [-0.3, -0.25) is 18.2 Å². The number of phenolic OH excluding ortho intramolecular Hbond substituents is 1. The SMILES string of the molecule is Cc1ccc(S(=O)(=O)O)c(N=Nc2c(S(=O)(=O)O)cc3cc(S(=O)(=O)O)c(N=Nc4ccc(S(=O)(=O)O)cc4)c(N)c3c2O)c1. The minimum atomic E-state index is -5.27. The fraction of sp³-hybridized carbons (Fsp3) is 0.0435. The van der Waals surface area contributed by atoms with Crippen LogP contribution in [0.25, 0.3) is 10.8 Å². The van der Waals surface area contributed by atoms with Gasteiger partial charge in [0.2, 0.25) is 0 Å². The highest BCUT2D eigenvalue weighted by atomic mass is 32.2. The van der Waals surface area contributed by atoms with Crippen molar-refractivity contribution in [1.82, 2.24) is 0 Å². The van der Waals surface area contributed by atoms with Crippen LogP contribution in [0.1, 0.15) is 5.56 Å². The standard InChI is InChI=1S/C23H19N5O13S4/c1-11-2-7-16(43(33,34)35)15(8-11)26-28-22-18(45(39,40)41)10-12-9-17(44(36,37)38)21(20(24)19(12)23(22)29)27-25-13-3-5-14(6-4-13)42(30,31)32/h2-10,29H,24H2,1H3,(H,30,31,32)(H,33,34,35)(H,36,37,38)(H,39,40,41). The molecule has 4 rings (SSSR count). The van der Waals surface area contributed by atoms with Crippen molar-refractivity contribution in [2.24, 2.45) is 20.5 Å². The third kappa shape index (κ3) is 7.12. The number of azo groups is 2. The van der Waals surface area contributed by atoms with Crippen LogP contribution < -0.4 is 5.73 Å². The molecule has 0 unspecified atom stereocenters. The Labute approximate surface area is 254 Å². The first kappa shape index (κ1) is 33.5. The first-order valence-corrected chi connectivity index (χ1v) is 17.4. The van der Waals surface area contributed by atoms with Crippen molar-refractivity contribution < 1.29 is 57.0 Å². The molecule has 0 aromatic heterocycles. The summed E-state index contributed by atoms with van der Waals surface area (Å²) in [5.41, 5.74) is 3.43. The van der Waals surface area contributed by atoms with E-state index in [0.717, 1.165) is 36.4 Å². The molecule has 238 valence electrons. The molecular weight excluding hydrogens is 683 g/mol. The van der Waals surface area contributed by atoms with Crippen LogP contribution in [0.4, 0.5) is 28.4 Å². The molecule has 45 heavy (non-hydrogen) atoms. The summed E-state index contributed by atoms with van der Waals surface area (Å²) in [6.07, 6.45) is 0. The summed E-state index contributed by atoms with van der Waals surface area (Å²) in [5, 5.41) is 24.7. The zero-order valence-electron chi connectivity index (χ0n) is 22.2. The van der Waals surface area contributed by atoms with Gasteiger partial charge in [-0.1, -0.05) is 6.07 Å². The molecule has 4 aromatic carbocycles. The van der Waals surface area contributed by atoms with Crippen molar-refractivity contribution in [3.05, 3.63) is 60.2 Å². The second-order valence-electron chi connectivity index (χ2n) is 9.07. The molecule has 0 radical (unpaired) electrons. The lowest BCUT2D eigenvalue weighted by Crippen LogP contribution is -2.04. The fourth-order valence-corrected chi connectivity index (χ4v) is 6.34. The summed E-state index contributed by atoms with van der Waals surface area (Å²) in [6, 6.07) is 8.72. The maximum Gasteiger partial charge on any atom is 0.296 e. The van der Waals surface area contributed by atoms with Crippen LogP contribution in [0.2, 0.25) is 0 Å². The molecule has 0 heterocycles. The Hall–Kier alpha value is -4.42. The Morgan fingerprint density at radius 2 is 1.11 bits per heavy atom. The molecule has 22 heteroatoms. The van der Waals surface area contributed by atoms with Crippen molar-refractivity contribution >= 4 is 79.7 Å². The van der Waals surface area contributed by atoms with Crippen LogP contribution in [-0.4, -0.2) is 57.0 Å². The van der Waals surface area contributed by atoms with E-state index in [2.05, 4.69) is 20.5 Å². The van der Waals surface area contributed by atoms with E-state index in [-0.39, 0.29) is 5.69 Å². The summed E-state index contributed by atoms with van der Waals surface area (Å²) < 4.78 is 133. The highest BCUT2D eigenvalue weighted by Gasteiger charge is 2.28. The number of nitrogens with two attached hydrogens (primary N) is 1. The van der Waals surface area contributed by atoms with Gasteiger partial charge in [0, 0.05) is 0 Å². The van der Waals surface area contributed by atoms with Crippen molar-refractivity contribution in [3.63, 3.8) is 0 Å². The van der Waals surface area contributed by atoms with Crippen LogP contribution in [0.15, 0.2) is 94.6 Å². The molecule has 0 saturated heterocycles. The van der Waals surface area contributed by atoms with Gasteiger partial charge in [-0.05, 0) is 66.4 Å². The monoisotopic (exact) mass is 701 g/mol. The van der Waals surface area contributed by atoms with E-state index in [1.165, 1.54) is 13.0 Å². The molecule has 0 fully saturated rings. The summed E-state index contributed by atoms with van der Waals surface area (Å²) in [4.78, 5) is -3.42. The Morgan fingerprint density at radius 1 is 0.600 bits per heavy atom. The van der Waals surface area contributed by atoms with Gasteiger partial charge in [0.25, 0.3) is 40.5 Å². The third-order valence-electron chi connectivity index (χ3n) is 5.92. The van der Waals surface area contributed by atoms with E-state index in [0.29, 0.717) is 17.7 Å². The molecule has 7 N–H and O–H groups in total. The molecule has 0 spiro atoms. The Bertz CT molecular complexity index is 2390. The van der Waals surface area contributed by atoms with Gasteiger partial charge in [-0.15, -0.1) is 15.3 Å². The smallest absolute Gasteiger partial charge is 0.296 e. The fourth-order valence-electron chi connectivity index (χ4n) is 3.92. The van der Waals surface area contributed by atoms with Gasteiger partial charge >= 0.3 is 0 Å². The quantitative estimate of drug-likeness (QED) is 0.0850. The minimum Gasteiger partial charge on any atom is -0.505 e. The number of nitrogen functional groups attached to an aromatic ring is 1. The molecule has 0 amide bonds. The van der Waals surface area contributed by atoms with Crippen molar-refractivity contribution in [2.75, 3.05) is 5.73 Å². The van der Waals surface area contributed by atoms with Gasteiger partial charge in [-0.2, -0.15) is 38.8 Å². The van der Waals surface area contributed by atoms with Crippen LogP contribution in [0.5, 0.6) is 5.75 Å². The number of phenols is 1. The number of aryl methyl sites for hydroxylation is 1. The number of hydrogen-bond acceptors (Lipinski definition) is 14. The summed E-state index contributed by atoms with van der Waals surface area (Å²) >= 11 is 0. The number of aromatic hydroxyl groups is 1. The van der Waals surface area contributed by atoms with Gasteiger partial charge < -0.3 is 10.8 Å². The number of nitrogens with zero attached hydrogens (tertiary/aromatic N) is 4. The van der Waals surface area contributed by atoms with Gasteiger partial charge in [0.1, 0.15) is 31.7 Å². The Morgan fingerprint density at radius 3 is 1.62 bits per heavy atom. The van der Waals surface area contributed by atoms with Crippen LogP contribution in [0.3, 0.4) is 0 Å². The van der Waals surface area contributed by atoms with Crippen molar-refractivity contribution in [2.45, 2.75) is 26.5 Å². The molecule has 0 bridgehead atoms. The lowest BCUT2D eigenvalue weighted by molar-refractivity contribution is 0.472. The normalized spacial score (nSPS) is 13.3. The molecule has 0 aliphatic heterocycles. The van der Waals surface area contributed by atoms with Crippen LogP contribution in [0, 0.1) is 6.92 Å². The Kier molecular flexibility index (Phi) is 8.55. The highest BCUT2D eigenvalue weighted by molar-refractivity contribution is 7.86. The molecular formula is C23H19N5O13S4. The van der Waals surface area contributed by atoms with E-state index < -0.39 is 99.3 Å². The van der Waals surface area contributed by atoms with Gasteiger partial charge in [0.15, 0.2) is 5.75 Å². The highest BCUT2D eigenvalue weighted by Crippen LogP contribution is 2.48. The lowest BCUT2D eigenvalue weighted by Gasteiger charge is -2.14. The third-order valence-corrected chi connectivity index (χ3v) is 9.42. The Balaban J connectivity index is 2.02. The number of hydrogen-bond donors (Lipinski definition) is 6. The number of fused-ring (bicyclic) bond motifs is 1. The average Bonchev–Trinajstić information content (AvgIpc) is 2.89. The molecule has 0 saturated carbocycles. The van der Waals surface area contributed by atoms with Crippen LogP contribution >= 0.6 is 0 Å². The maximum absolute atomic E-state index is 12.2. The van der Waals surface area contributed by atoms with Gasteiger partial charge in [-0.25, -0.2) is 0 Å². The van der Waals surface area contributed by atoms with E-state index in [1.54, 1.807) is 0 Å². The first-order valence-electron chi connectivity index (χ1n) is 11.7. The molecule has 0 aliphatic rings. The molecule has 0 aliphatic carbocycles. The minimum absolute atomic E-state index is 0.101. The summed E-state index contributed by atoms with van der Waals surface area (Å²) in [5.74, 6) is -1.13. The number of rotatable bonds is 8. The van der Waals surface area contributed by atoms with Crippen molar-refractivity contribution in [3.8, 4) is 5.75 Å². The maximum atomic E-state index is 12.2. The predicted octanol–water partition coefficient (Wildman–Crippen LogP) is 4.25. The predicted molar refractivity (Wildman–Crippen MR) is 155 cm³/mol. The first-order chi connectivity index (χ1) is 20.6. The molecule has 0 atom stereocenters. The second-order valence-corrected chi connectivity index (χ2v) is 14.7. The topological polar surface area (TPSA) is 313 Å². The van der Waals surface area contributed by atoms with Crippen LogP contribution in [-0.2, 0) is 40.5 Å². The van der Waals surface area contributed by atoms with E-state index in [1.807, 2.05) is 0 Å². The lowest BCUT2D eigenvalue weighted by atomic mass is 10.1. The van der Waals surface area contributed by atoms with Gasteiger partial charge in [0.05, 0.1) is 21.7 Å². The second kappa shape index (κ2) is 11.5. The largest absolute Gasteiger partial charge is 0.505 e. The van der Waals surface area contributed by atoms with Crippen molar-refractivity contribution in [1.29, 1.82) is 0 Å². The summed E-state index contributed by atoms with van der Waals surface area (Å²) in [6.45, 7) is 1.52.